The van der Waals surface area contributed by atoms with E-state index in [1.165, 1.54) is 0 Å². The summed E-state index contributed by atoms with van der Waals surface area (Å²) in [4.78, 5) is 20.0. The summed E-state index contributed by atoms with van der Waals surface area (Å²) < 4.78 is -0.903. The molecule has 3 rings (SSSR count). The van der Waals surface area contributed by atoms with Crippen molar-refractivity contribution < 1.29 is 4.79 Å². The maximum Gasteiger partial charge on any atom is 0.226 e. The molecule has 2 N–H and O–H groups in total. The fourth-order valence-electron chi connectivity index (χ4n) is 2.42. The Morgan fingerprint density at radius 2 is 2.10 bits per heavy atom. The summed E-state index contributed by atoms with van der Waals surface area (Å²) in [5.74, 6) is 0.522. The number of alkyl halides is 2. The molecule has 4 nitrogen and oxygen atoms in total. The van der Waals surface area contributed by atoms with Crippen molar-refractivity contribution in [2.24, 2.45) is 11.8 Å². The van der Waals surface area contributed by atoms with Crippen LogP contribution in [0.25, 0.3) is 11.0 Å². The quantitative estimate of drug-likeness (QED) is 0.844. The summed E-state index contributed by atoms with van der Waals surface area (Å²) in [7, 11) is 0. The van der Waals surface area contributed by atoms with E-state index in [1.807, 2.05) is 38.1 Å². The molecule has 1 fully saturated rings. The molecule has 0 radical (unpaired) electrons. The Morgan fingerprint density at radius 3 is 2.67 bits per heavy atom. The number of imidazole rings is 1. The Bertz CT molecular complexity index is 647. The van der Waals surface area contributed by atoms with Crippen LogP contribution in [0.15, 0.2) is 24.3 Å². The minimum atomic E-state index is -0.903. The maximum absolute atomic E-state index is 12.2. The number of hydrogen-bond acceptors (Lipinski definition) is 2. The SMILES string of the molecule is CC(C)C(NC(=O)C1CC1(Cl)Cl)c1nc2ccccc2[nH]1. The van der Waals surface area contributed by atoms with Crippen LogP contribution >= 0.6 is 23.2 Å². The Balaban J connectivity index is 1.83. The minimum absolute atomic E-state index is 0.112. The van der Waals surface area contributed by atoms with Crippen LogP contribution in [0.5, 0.6) is 0 Å². The van der Waals surface area contributed by atoms with Crippen molar-refractivity contribution >= 4 is 40.1 Å². The molecule has 1 aromatic heterocycles. The van der Waals surface area contributed by atoms with Crippen LogP contribution in [0.2, 0.25) is 0 Å². The largest absolute Gasteiger partial charge is 0.346 e. The average molecular weight is 326 g/mol. The first-order chi connectivity index (χ1) is 9.88. The molecule has 1 aliphatic rings. The van der Waals surface area contributed by atoms with E-state index in [9.17, 15) is 4.79 Å². The van der Waals surface area contributed by atoms with E-state index in [-0.39, 0.29) is 23.8 Å². The van der Waals surface area contributed by atoms with Gasteiger partial charge in [0.2, 0.25) is 5.91 Å². The van der Waals surface area contributed by atoms with Crippen molar-refractivity contribution in [3.63, 3.8) is 0 Å². The molecule has 2 atom stereocenters. The summed E-state index contributed by atoms with van der Waals surface area (Å²) in [6, 6.07) is 7.61. The maximum atomic E-state index is 12.2. The Morgan fingerprint density at radius 1 is 1.43 bits per heavy atom. The van der Waals surface area contributed by atoms with Gasteiger partial charge in [0.1, 0.15) is 10.2 Å². The lowest BCUT2D eigenvalue weighted by Crippen LogP contribution is -2.34. The molecule has 6 heteroatoms. The topological polar surface area (TPSA) is 57.8 Å². The molecular weight excluding hydrogens is 309 g/mol. The van der Waals surface area contributed by atoms with Crippen LogP contribution in [0, 0.1) is 11.8 Å². The zero-order chi connectivity index (χ0) is 15.2. The van der Waals surface area contributed by atoms with Gasteiger partial charge in [0, 0.05) is 0 Å². The van der Waals surface area contributed by atoms with E-state index in [0.29, 0.717) is 6.42 Å². The van der Waals surface area contributed by atoms with Gasteiger partial charge < -0.3 is 10.3 Å². The number of aromatic nitrogens is 2. The van der Waals surface area contributed by atoms with E-state index in [4.69, 9.17) is 23.2 Å². The number of amides is 1. The van der Waals surface area contributed by atoms with E-state index in [2.05, 4.69) is 15.3 Å². The fraction of sp³-hybridized carbons (Fsp3) is 0.467. The zero-order valence-corrected chi connectivity index (χ0v) is 13.4. The van der Waals surface area contributed by atoms with Gasteiger partial charge >= 0.3 is 0 Å². The third-order valence-electron chi connectivity index (χ3n) is 3.81. The summed E-state index contributed by atoms with van der Waals surface area (Å²) in [5.41, 5.74) is 1.85. The molecular formula is C15H17Cl2N3O. The molecule has 2 unspecified atom stereocenters. The normalized spacial score (nSPS) is 21.5. The fourth-order valence-corrected chi connectivity index (χ4v) is 2.93. The van der Waals surface area contributed by atoms with E-state index < -0.39 is 4.33 Å². The highest BCUT2D eigenvalue weighted by molar-refractivity contribution is 6.52. The van der Waals surface area contributed by atoms with E-state index in [0.717, 1.165) is 16.9 Å². The first-order valence-electron chi connectivity index (χ1n) is 7.01. The van der Waals surface area contributed by atoms with Crippen molar-refractivity contribution in [2.75, 3.05) is 0 Å². The van der Waals surface area contributed by atoms with Crippen molar-refractivity contribution in [1.29, 1.82) is 0 Å². The second-order valence-corrected chi connectivity index (χ2v) is 7.43. The Kier molecular flexibility index (Phi) is 3.62. The molecule has 2 aromatic rings. The molecule has 1 heterocycles. The van der Waals surface area contributed by atoms with Crippen LogP contribution in [0.1, 0.15) is 32.1 Å². The lowest BCUT2D eigenvalue weighted by Gasteiger charge is -2.20. The zero-order valence-electron chi connectivity index (χ0n) is 11.9. The molecule has 0 spiro atoms. The predicted octanol–water partition coefficient (Wildman–Crippen LogP) is 3.57. The van der Waals surface area contributed by atoms with Gasteiger partial charge in [-0.3, -0.25) is 4.79 Å². The number of fused-ring (bicyclic) bond motifs is 1. The van der Waals surface area contributed by atoms with Gasteiger partial charge in [-0.1, -0.05) is 26.0 Å². The van der Waals surface area contributed by atoms with Crippen molar-refractivity contribution in [3.05, 3.63) is 30.1 Å². The number of carbonyl (C=O) groups is 1. The van der Waals surface area contributed by atoms with E-state index in [1.54, 1.807) is 0 Å². The molecule has 0 aliphatic heterocycles. The summed E-state index contributed by atoms with van der Waals surface area (Å²) in [5, 5.41) is 3.01. The lowest BCUT2D eigenvalue weighted by atomic mass is 10.0. The highest BCUT2D eigenvalue weighted by Gasteiger charge is 2.56. The summed E-state index contributed by atoms with van der Waals surface area (Å²) >= 11 is 11.9. The first-order valence-corrected chi connectivity index (χ1v) is 7.77. The Hall–Kier alpha value is -1.26. The number of aromatic amines is 1. The van der Waals surface area contributed by atoms with Crippen molar-refractivity contribution in [1.82, 2.24) is 15.3 Å². The molecule has 0 saturated heterocycles. The molecule has 0 bridgehead atoms. The van der Waals surface area contributed by atoms with Gasteiger partial charge in [-0.15, -0.1) is 23.2 Å². The number of carbonyl (C=O) groups excluding carboxylic acids is 1. The first kappa shape index (κ1) is 14.7. The number of benzene rings is 1. The van der Waals surface area contributed by atoms with Crippen LogP contribution in [-0.4, -0.2) is 20.2 Å². The predicted molar refractivity (Wildman–Crippen MR) is 84.4 cm³/mol. The number of nitrogens with one attached hydrogen (secondary N) is 2. The number of halogens is 2. The van der Waals surface area contributed by atoms with E-state index >= 15 is 0 Å². The van der Waals surface area contributed by atoms with Crippen LogP contribution in [0.3, 0.4) is 0 Å². The number of nitrogens with zero attached hydrogens (tertiary/aromatic N) is 1. The number of para-hydroxylation sites is 2. The van der Waals surface area contributed by atoms with Crippen LogP contribution in [0.4, 0.5) is 0 Å². The number of rotatable bonds is 4. The monoisotopic (exact) mass is 325 g/mol. The van der Waals surface area contributed by atoms with Crippen molar-refractivity contribution in [3.8, 4) is 0 Å². The lowest BCUT2D eigenvalue weighted by molar-refractivity contribution is -0.123. The van der Waals surface area contributed by atoms with Gasteiger partial charge in [0.25, 0.3) is 0 Å². The summed E-state index contributed by atoms with van der Waals surface area (Å²) in [6.45, 7) is 4.08. The number of hydrogen-bond donors (Lipinski definition) is 2. The molecule has 112 valence electrons. The summed E-state index contributed by atoms with van der Waals surface area (Å²) in [6.07, 6.45) is 0.507. The van der Waals surface area contributed by atoms with Crippen LogP contribution in [-0.2, 0) is 4.79 Å². The molecule has 21 heavy (non-hydrogen) atoms. The number of H-pyrrole nitrogens is 1. The van der Waals surface area contributed by atoms with Gasteiger partial charge in [-0.25, -0.2) is 4.98 Å². The molecule has 1 amide bonds. The molecule has 1 aromatic carbocycles. The van der Waals surface area contributed by atoms with Gasteiger partial charge in [0.15, 0.2) is 0 Å². The second kappa shape index (κ2) is 5.18. The van der Waals surface area contributed by atoms with Crippen molar-refractivity contribution in [2.45, 2.75) is 30.6 Å². The van der Waals surface area contributed by atoms with Gasteiger partial charge in [-0.2, -0.15) is 0 Å². The minimum Gasteiger partial charge on any atom is -0.346 e. The van der Waals surface area contributed by atoms with Crippen LogP contribution < -0.4 is 5.32 Å². The molecule has 1 aliphatic carbocycles. The second-order valence-electron chi connectivity index (χ2n) is 5.89. The third kappa shape index (κ3) is 2.87. The average Bonchev–Trinajstić information content (AvgIpc) is 2.88. The van der Waals surface area contributed by atoms with Gasteiger partial charge in [-0.05, 0) is 24.5 Å². The highest BCUT2D eigenvalue weighted by Crippen LogP contribution is 2.53. The highest BCUT2D eigenvalue weighted by atomic mass is 35.5. The third-order valence-corrected chi connectivity index (χ3v) is 4.64. The van der Waals surface area contributed by atoms with Gasteiger partial charge in [0.05, 0.1) is 23.0 Å². The molecule has 1 saturated carbocycles. The smallest absolute Gasteiger partial charge is 0.226 e. The Labute approximate surface area is 133 Å². The standard InChI is InChI=1S/C15H17Cl2N3O/c1-8(2)12(20-14(21)9-7-15(9,16)17)13-18-10-5-3-4-6-11(10)19-13/h3-6,8-9,12H,7H2,1-2H3,(H,18,19)(H,20,21).